The Morgan fingerprint density at radius 2 is 1.81 bits per heavy atom. The molecule has 0 bridgehead atoms. The smallest absolute Gasteiger partial charge is 0.294 e. The average Bonchev–Trinajstić information content (AvgIpc) is 2.18. The zero-order valence-corrected chi connectivity index (χ0v) is 8.70. The van der Waals surface area contributed by atoms with Crippen molar-refractivity contribution in [1.82, 2.24) is 5.32 Å². The first kappa shape index (κ1) is 14.4. The van der Waals surface area contributed by atoms with E-state index in [4.69, 9.17) is 15.3 Å². The third kappa shape index (κ3) is 10.4. The summed E-state index contributed by atoms with van der Waals surface area (Å²) in [5.74, 6) is 0.603. The largest absolute Gasteiger partial charge is 0.328 e. The van der Waals surface area contributed by atoms with Gasteiger partial charge in [0, 0.05) is 0 Å². The summed E-state index contributed by atoms with van der Waals surface area (Å²) in [5.41, 5.74) is 0. The molecule has 1 aliphatic rings. The van der Waals surface area contributed by atoms with Gasteiger partial charge in [-0.3, -0.25) is 0 Å². The third-order valence-corrected chi connectivity index (χ3v) is 2.18. The molecule has 16 heavy (non-hydrogen) atoms. The van der Waals surface area contributed by atoms with E-state index in [0.717, 1.165) is 32.4 Å². The van der Waals surface area contributed by atoms with Gasteiger partial charge >= 0.3 is 0 Å². The van der Waals surface area contributed by atoms with E-state index < -0.39 is 10.2 Å². The number of nitrogens with zero attached hydrogens (tertiary/aromatic N) is 2. The second-order valence-corrected chi connectivity index (χ2v) is 3.28. The normalized spacial score (nSPS) is 15.8. The zero-order valence-electron chi connectivity index (χ0n) is 8.70. The minimum absolute atomic E-state index is 0.248. The predicted molar refractivity (Wildman–Crippen MR) is 51.9 cm³/mol. The Labute approximate surface area is 91.6 Å². The topological polar surface area (TPSA) is 128 Å². The van der Waals surface area contributed by atoms with Gasteiger partial charge < -0.3 is 15.4 Å². The van der Waals surface area contributed by atoms with E-state index in [2.05, 4.69) is 10.2 Å². The SMILES string of the molecule is O=[N+]([O-])O.O=[N+]([O-])OCCC1CCNCC1. The number of nitrogens with one attached hydrogen (secondary N) is 1. The number of hydrogen-bond donors (Lipinski definition) is 2. The van der Waals surface area contributed by atoms with Crippen LogP contribution in [0.5, 0.6) is 0 Å². The molecule has 0 aromatic rings. The van der Waals surface area contributed by atoms with Crippen molar-refractivity contribution < 1.29 is 20.2 Å². The third-order valence-electron chi connectivity index (χ3n) is 2.18. The van der Waals surface area contributed by atoms with Crippen molar-refractivity contribution in [3.8, 4) is 0 Å². The summed E-state index contributed by atoms with van der Waals surface area (Å²) in [6.45, 7) is 2.31. The van der Waals surface area contributed by atoms with Crippen LogP contribution >= 0.6 is 0 Å². The molecule has 0 radical (unpaired) electrons. The number of rotatable bonds is 4. The van der Waals surface area contributed by atoms with Crippen molar-refractivity contribution in [2.24, 2.45) is 5.92 Å². The van der Waals surface area contributed by atoms with Crippen LogP contribution in [0.3, 0.4) is 0 Å². The van der Waals surface area contributed by atoms with Crippen LogP contribution in [-0.4, -0.2) is 35.1 Å². The molecule has 0 amide bonds. The molecular formula is C7H15N3O6. The number of hydrogen-bond acceptors (Lipinski definition) is 6. The summed E-state index contributed by atoms with van der Waals surface area (Å²) in [5, 5.41) is 26.0. The van der Waals surface area contributed by atoms with Gasteiger partial charge in [0.05, 0.1) is 6.61 Å². The molecular weight excluding hydrogens is 222 g/mol. The highest BCUT2D eigenvalue weighted by Gasteiger charge is 2.12. The van der Waals surface area contributed by atoms with Crippen LogP contribution in [0.2, 0.25) is 0 Å². The lowest BCUT2D eigenvalue weighted by molar-refractivity contribution is -0.758. The van der Waals surface area contributed by atoms with Crippen molar-refractivity contribution in [2.75, 3.05) is 19.7 Å². The standard InChI is InChI=1S/C7H14N2O3.HNO3/c10-9(11)12-6-3-7-1-4-8-5-2-7;2-1(3)4/h7-8H,1-6H2;(H,2,3,4). The van der Waals surface area contributed by atoms with Crippen LogP contribution in [0, 0.1) is 26.1 Å². The van der Waals surface area contributed by atoms with Gasteiger partial charge in [-0.1, -0.05) is 0 Å². The molecule has 1 aliphatic heterocycles. The minimum atomic E-state index is -1.50. The van der Waals surface area contributed by atoms with Gasteiger partial charge in [0.1, 0.15) is 0 Å². The Kier molecular flexibility index (Phi) is 7.76. The van der Waals surface area contributed by atoms with Crippen LogP contribution < -0.4 is 5.32 Å². The summed E-state index contributed by atoms with van der Waals surface area (Å²) >= 11 is 0. The second kappa shape index (κ2) is 8.65. The van der Waals surface area contributed by atoms with E-state index in [1.54, 1.807) is 0 Å². The molecule has 1 fully saturated rings. The van der Waals surface area contributed by atoms with Crippen LogP contribution in [0.4, 0.5) is 0 Å². The minimum Gasteiger partial charge on any atom is -0.328 e. The average molecular weight is 237 g/mol. The molecule has 0 aromatic carbocycles. The molecule has 94 valence electrons. The molecule has 0 atom stereocenters. The van der Waals surface area contributed by atoms with Gasteiger partial charge in [0.15, 0.2) is 0 Å². The fraction of sp³-hybridized carbons (Fsp3) is 1.00. The highest BCUT2D eigenvalue weighted by atomic mass is 16.9. The van der Waals surface area contributed by atoms with E-state index in [-0.39, 0.29) is 6.61 Å². The maximum atomic E-state index is 9.81. The Morgan fingerprint density at radius 3 is 2.25 bits per heavy atom. The van der Waals surface area contributed by atoms with E-state index >= 15 is 0 Å². The lowest BCUT2D eigenvalue weighted by Gasteiger charge is -2.21. The number of piperidine rings is 1. The first-order chi connectivity index (χ1) is 7.52. The summed E-state index contributed by atoms with van der Waals surface area (Å²) in [4.78, 5) is 22.4. The first-order valence-electron chi connectivity index (χ1n) is 4.83. The van der Waals surface area contributed by atoms with E-state index in [0.29, 0.717) is 5.92 Å². The Morgan fingerprint density at radius 1 is 1.31 bits per heavy atom. The van der Waals surface area contributed by atoms with Crippen LogP contribution in [0.15, 0.2) is 0 Å². The fourth-order valence-corrected chi connectivity index (χ4v) is 1.46. The van der Waals surface area contributed by atoms with E-state index in [1.165, 1.54) is 0 Å². The van der Waals surface area contributed by atoms with Crippen molar-refractivity contribution in [2.45, 2.75) is 19.3 Å². The molecule has 0 spiro atoms. The van der Waals surface area contributed by atoms with Crippen molar-refractivity contribution in [3.63, 3.8) is 0 Å². The van der Waals surface area contributed by atoms with E-state index in [9.17, 15) is 10.1 Å². The van der Waals surface area contributed by atoms with Gasteiger partial charge in [-0.2, -0.15) is 0 Å². The van der Waals surface area contributed by atoms with Crippen LogP contribution in [0.1, 0.15) is 19.3 Å². The van der Waals surface area contributed by atoms with Crippen molar-refractivity contribution >= 4 is 0 Å². The molecule has 0 saturated carbocycles. The maximum Gasteiger partial charge on any atom is 0.294 e. The van der Waals surface area contributed by atoms with Gasteiger partial charge in [0.2, 0.25) is 0 Å². The van der Waals surface area contributed by atoms with Crippen molar-refractivity contribution in [3.05, 3.63) is 20.2 Å². The molecule has 0 unspecified atom stereocenters. The van der Waals surface area contributed by atoms with Gasteiger partial charge in [-0.25, -0.2) is 0 Å². The van der Waals surface area contributed by atoms with Crippen molar-refractivity contribution in [1.29, 1.82) is 0 Å². The lowest BCUT2D eigenvalue weighted by atomic mass is 9.95. The highest BCUT2D eigenvalue weighted by Crippen LogP contribution is 2.15. The summed E-state index contributed by atoms with van der Waals surface area (Å²) in [7, 11) is 0. The monoisotopic (exact) mass is 237 g/mol. The summed E-state index contributed by atoms with van der Waals surface area (Å²) < 4.78 is 0. The quantitative estimate of drug-likeness (QED) is 0.529. The van der Waals surface area contributed by atoms with Gasteiger partial charge in [-0.05, 0) is 38.3 Å². The molecule has 1 saturated heterocycles. The Bertz CT molecular complexity index is 214. The predicted octanol–water partition coefficient (Wildman–Crippen LogP) is 0.237. The zero-order chi connectivity index (χ0) is 12.4. The summed E-state index contributed by atoms with van der Waals surface area (Å²) in [6, 6.07) is 0. The maximum absolute atomic E-state index is 9.81. The molecule has 1 rings (SSSR count). The van der Waals surface area contributed by atoms with Crippen LogP contribution in [-0.2, 0) is 4.84 Å². The lowest BCUT2D eigenvalue weighted by Crippen LogP contribution is -2.28. The molecule has 1 heterocycles. The van der Waals surface area contributed by atoms with Gasteiger partial charge in [-0.15, -0.1) is 20.2 Å². The molecule has 2 N–H and O–H groups in total. The Balaban J connectivity index is 0.000000487. The Hall–Kier alpha value is -1.64. The highest BCUT2D eigenvalue weighted by molar-refractivity contribution is 4.67. The van der Waals surface area contributed by atoms with E-state index in [1.807, 2.05) is 0 Å². The molecule has 0 aromatic heterocycles. The molecule has 9 nitrogen and oxygen atoms in total. The second-order valence-electron chi connectivity index (χ2n) is 3.28. The van der Waals surface area contributed by atoms with Crippen LogP contribution in [0.25, 0.3) is 0 Å². The molecule has 9 heteroatoms. The molecule has 0 aliphatic carbocycles. The first-order valence-corrected chi connectivity index (χ1v) is 4.83. The summed E-state index contributed by atoms with van der Waals surface area (Å²) in [6.07, 6.45) is 3.03. The fourth-order valence-electron chi connectivity index (χ4n) is 1.46. The van der Waals surface area contributed by atoms with Gasteiger partial charge in [0.25, 0.3) is 10.2 Å².